The van der Waals surface area contributed by atoms with Crippen molar-refractivity contribution in [1.29, 1.82) is 0 Å². The maximum absolute atomic E-state index is 11.2. The first kappa shape index (κ1) is 16.7. The largest absolute Gasteiger partial charge is 0.360 e. The first-order chi connectivity index (χ1) is 10.8. The standard InChI is InChI=1S/C16H23N3O2S2/c1-10(15-9-11-2-3-12(15)8-11)18-16(22)19-13-4-6-14(7-5-13)23(17,20)21/h4-7,10-12,15H,2-3,8-9H2,1H3,(H2,17,20,21)(H2,18,19,22). The smallest absolute Gasteiger partial charge is 0.238 e. The molecule has 4 unspecified atom stereocenters. The van der Waals surface area contributed by atoms with Gasteiger partial charge in [0.25, 0.3) is 0 Å². The van der Waals surface area contributed by atoms with Crippen LogP contribution in [0.5, 0.6) is 0 Å². The molecule has 5 nitrogen and oxygen atoms in total. The number of fused-ring (bicyclic) bond motifs is 2. The van der Waals surface area contributed by atoms with Crippen molar-refractivity contribution in [2.45, 2.75) is 43.5 Å². The zero-order chi connectivity index (χ0) is 16.6. The number of hydrogen-bond donors (Lipinski definition) is 3. The molecule has 0 radical (unpaired) electrons. The Morgan fingerprint density at radius 3 is 2.48 bits per heavy atom. The SMILES string of the molecule is CC(NC(=S)Nc1ccc(S(N)(=O)=O)cc1)C1CC2CCC1C2. The molecule has 4 atom stereocenters. The molecule has 1 aromatic carbocycles. The third-order valence-electron chi connectivity index (χ3n) is 5.23. The summed E-state index contributed by atoms with van der Waals surface area (Å²) in [5.41, 5.74) is 0.745. The van der Waals surface area contributed by atoms with Crippen LogP contribution in [-0.4, -0.2) is 19.6 Å². The number of rotatable bonds is 4. The minimum atomic E-state index is -3.66. The Morgan fingerprint density at radius 1 is 1.26 bits per heavy atom. The molecule has 2 fully saturated rings. The van der Waals surface area contributed by atoms with Crippen molar-refractivity contribution in [3.05, 3.63) is 24.3 Å². The number of primary sulfonamides is 1. The molecule has 0 aliphatic heterocycles. The van der Waals surface area contributed by atoms with Gasteiger partial charge in [-0.05, 0) is 80.4 Å². The molecule has 4 N–H and O–H groups in total. The lowest BCUT2D eigenvalue weighted by Crippen LogP contribution is -2.42. The van der Waals surface area contributed by atoms with Crippen molar-refractivity contribution in [2.24, 2.45) is 22.9 Å². The molecule has 2 saturated carbocycles. The lowest BCUT2D eigenvalue weighted by atomic mass is 9.84. The van der Waals surface area contributed by atoms with E-state index in [1.54, 1.807) is 12.1 Å². The van der Waals surface area contributed by atoms with Crippen LogP contribution in [0.2, 0.25) is 0 Å². The van der Waals surface area contributed by atoms with Crippen LogP contribution in [-0.2, 0) is 10.0 Å². The number of hydrogen-bond acceptors (Lipinski definition) is 3. The molecule has 2 aliphatic carbocycles. The molecule has 126 valence electrons. The van der Waals surface area contributed by atoms with Gasteiger partial charge in [0.05, 0.1) is 4.90 Å². The fourth-order valence-electron chi connectivity index (χ4n) is 4.12. The van der Waals surface area contributed by atoms with E-state index in [0.717, 1.165) is 17.5 Å². The third kappa shape index (κ3) is 3.84. The van der Waals surface area contributed by atoms with Gasteiger partial charge in [0.1, 0.15) is 0 Å². The van der Waals surface area contributed by atoms with Gasteiger partial charge in [-0.15, -0.1) is 0 Å². The van der Waals surface area contributed by atoms with Crippen LogP contribution in [0.3, 0.4) is 0 Å². The highest BCUT2D eigenvalue weighted by atomic mass is 32.2. The molecule has 3 rings (SSSR count). The Bertz CT molecular complexity index is 688. The molecule has 0 aromatic heterocycles. The van der Waals surface area contributed by atoms with E-state index in [1.165, 1.54) is 37.8 Å². The minimum Gasteiger partial charge on any atom is -0.360 e. The monoisotopic (exact) mass is 353 g/mol. The summed E-state index contributed by atoms with van der Waals surface area (Å²) in [6, 6.07) is 6.62. The van der Waals surface area contributed by atoms with Crippen molar-refractivity contribution >= 4 is 33.0 Å². The third-order valence-corrected chi connectivity index (χ3v) is 6.38. The van der Waals surface area contributed by atoms with Gasteiger partial charge in [-0.1, -0.05) is 6.42 Å². The van der Waals surface area contributed by atoms with E-state index in [1.807, 2.05) is 0 Å². The average Bonchev–Trinajstić information content (AvgIpc) is 3.09. The molecular weight excluding hydrogens is 330 g/mol. The predicted octanol–water partition coefficient (Wildman–Crippen LogP) is 2.45. The van der Waals surface area contributed by atoms with Crippen molar-refractivity contribution in [3.63, 3.8) is 0 Å². The van der Waals surface area contributed by atoms with Crippen molar-refractivity contribution in [1.82, 2.24) is 5.32 Å². The van der Waals surface area contributed by atoms with Gasteiger partial charge in [-0.2, -0.15) is 0 Å². The molecule has 1 aromatic rings. The number of thiocarbonyl (C=S) groups is 1. The van der Waals surface area contributed by atoms with Crippen LogP contribution in [0.15, 0.2) is 29.2 Å². The highest BCUT2D eigenvalue weighted by Gasteiger charge is 2.41. The Kier molecular flexibility index (Phi) is 4.62. The van der Waals surface area contributed by atoms with E-state index in [2.05, 4.69) is 17.6 Å². The fraction of sp³-hybridized carbons (Fsp3) is 0.562. The minimum absolute atomic E-state index is 0.0947. The summed E-state index contributed by atoms with van der Waals surface area (Å²) in [6.45, 7) is 2.20. The van der Waals surface area contributed by atoms with E-state index < -0.39 is 10.0 Å². The number of sulfonamides is 1. The first-order valence-electron chi connectivity index (χ1n) is 8.03. The second-order valence-electron chi connectivity index (χ2n) is 6.80. The maximum atomic E-state index is 11.2. The molecule has 0 amide bonds. The second-order valence-corrected chi connectivity index (χ2v) is 8.76. The topological polar surface area (TPSA) is 84.2 Å². The summed E-state index contributed by atoms with van der Waals surface area (Å²) in [5.74, 6) is 2.47. The normalized spacial score (nSPS) is 27.7. The van der Waals surface area contributed by atoms with E-state index in [4.69, 9.17) is 17.4 Å². The van der Waals surface area contributed by atoms with Crippen LogP contribution in [0.25, 0.3) is 0 Å². The first-order valence-corrected chi connectivity index (χ1v) is 9.99. The zero-order valence-electron chi connectivity index (χ0n) is 13.2. The Balaban J connectivity index is 1.55. The lowest BCUT2D eigenvalue weighted by Gasteiger charge is -2.29. The second kappa shape index (κ2) is 6.37. The number of anilines is 1. The quantitative estimate of drug-likeness (QED) is 0.724. The summed E-state index contributed by atoms with van der Waals surface area (Å²) in [7, 11) is -3.66. The van der Waals surface area contributed by atoms with Crippen molar-refractivity contribution in [2.75, 3.05) is 5.32 Å². The van der Waals surface area contributed by atoms with Crippen molar-refractivity contribution < 1.29 is 8.42 Å². The Hall–Kier alpha value is -1.18. The summed E-state index contributed by atoms with van der Waals surface area (Å²) in [6.07, 6.45) is 5.44. The number of nitrogens with two attached hydrogens (primary N) is 1. The van der Waals surface area contributed by atoms with Gasteiger partial charge in [-0.3, -0.25) is 0 Å². The van der Waals surface area contributed by atoms with Gasteiger partial charge in [0.2, 0.25) is 10.0 Å². The van der Waals surface area contributed by atoms with Crippen LogP contribution in [0, 0.1) is 17.8 Å². The predicted molar refractivity (Wildman–Crippen MR) is 95.6 cm³/mol. The molecule has 7 heteroatoms. The molecule has 2 bridgehead atoms. The molecule has 23 heavy (non-hydrogen) atoms. The van der Waals surface area contributed by atoms with Gasteiger partial charge in [0.15, 0.2) is 5.11 Å². The van der Waals surface area contributed by atoms with Crippen LogP contribution >= 0.6 is 12.2 Å². The van der Waals surface area contributed by atoms with Crippen molar-refractivity contribution in [3.8, 4) is 0 Å². The molecule has 2 aliphatic rings. The van der Waals surface area contributed by atoms with Crippen LogP contribution in [0.1, 0.15) is 32.6 Å². The maximum Gasteiger partial charge on any atom is 0.238 e. The van der Waals surface area contributed by atoms with Gasteiger partial charge < -0.3 is 10.6 Å². The van der Waals surface area contributed by atoms with E-state index >= 15 is 0 Å². The molecule has 0 heterocycles. The van der Waals surface area contributed by atoms with Crippen LogP contribution in [0.4, 0.5) is 5.69 Å². The van der Waals surface area contributed by atoms with E-state index in [-0.39, 0.29) is 4.90 Å². The highest BCUT2D eigenvalue weighted by molar-refractivity contribution is 7.89. The Morgan fingerprint density at radius 2 is 1.96 bits per heavy atom. The summed E-state index contributed by atoms with van der Waals surface area (Å²) < 4.78 is 22.5. The highest BCUT2D eigenvalue weighted by Crippen LogP contribution is 2.49. The van der Waals surface area contributed by atoms with Gasteiger partial charge in [-0.25, -0.2) is 13.6 Å². The summed E-state index contributed by atoms with van der Waals surface area (Å²) >= 11 is 5.37. The summed E-state index contributed by atoms with van der Waals surface area (Å²) in [5, 5.41) is 12.1. The molecular formula is C16H23N3O2S2. The van der Waals surface area contributed by atoms with Crippen LogP contribution < -0.4 is 15.8 Å². The Labute approximate surface area is 143 Å². The summed E-state index contributed by atoms with van der Waals surface area (Å²) in [4.78, 5) is 0.0947. The average molecular weight is 354 g/mol. The van der Waals surface area contributed by atoms with Gasteiger partial charge in [0, 0.05) is 11.7 Å². The molecule has 0 spiro atoms. The number of nitrogens with one attached hydrogen (secondary N) is 2. The zero-order valence-corrected chi connectivity index (χ0v) is 14.8. The number of benzene rings is 1. The van der Waals surface area contributed by atoms with E-state index in [9.17, 15) is 8.42 Å². The lowest BCUT2D eigenvalue weighted by molar-refractivity contribution is 0.279. The van der Waals surface area contributed by atoms with E-state index in [0.29, 0.717) is 17.1 Å². The fourth-order valence-corrected chi connectivity index (χ4v) is 4.93. The molecule has 0 saturated heterocycles. The van der Waals surface area contributed by atoms with Gasteiger partial charge >= 0.3 is 0 Å².